The average molecular weight is 250 g/mol. The van der Waals surface area contributed by atoms with E-state index < -0.39 is 5.54 Å². The number of nitrogens with one attached hydrogen (secondary N) is 2. The summed E-state index contributed by atoms with van der Waals surface area (Å²) in [4.78, 5) is 12.1. The fourth-order valence-electron chi connectivity index (χ4n) is 1.37. The normalized spacial score (nSPS) is 11.3. The van der Waals surface area contributed by atoms with Gasteiger partial charge in [0.2, 0.25) is 5.91 Å². The van der Waals surface area contributed by atoms with Crippen LogP contribution in [0, 0.1) is 0 Å². The van der Waals surface area contributed by atoms with Crippen molar-refractivity contribution < 1.29 is 9.53 Å². The van der Waals surface area contributed by atoms with Crippen LogP contribution in [0.5, 0.6) is 0 Å². The Balaban J connectivity index is 2.81. The number of benzene rings is 1. The molecule has 0 spiro atoms. The molecule has 1 amide bonds. The molecule has 0 saturated heterocycles. The molecular formula is C14H22N2O2. The fourth-order valence-corrected chi connectivity index (χ4v) is 1.37. The molecule has 0 unspecified atom stereocenters. The van der Waals surface area contributed by atoms with Crippen molar-refractivity contribution in [3.63, 3.8) is 0 Å². The highest BCUT2D eigenvalue weighted by molar-refractivity contribution is 5.98. The van der Waals surface area contributed by atoms with Crippen LogP contribution in [0.4, 0.5) is 5.69 Å². The minimum atomic E-state index is -0.598. The molecule has 0 aromatic heterocycles. The van der Waals surface area contributed by atoms with Crippen LogP contribution in [0.2, 0.25) is 0 Å². The number of carbonyl (C=O) groups is 1. The molecule has 4 heteroatoms. The first kappa shape index (κ1) is 14.7. The Morgan fingerprint density at radius 3 is 2.61 bits per heavy atom. The summed E-state index contributed by atoms with van der Waals surface area (Å²) >= 11 is 0. The fraction of sp³-hybridized carbons (Fsp3) is 0.500. The first-order valence-electron chi connectivity index (χ1n) is 6.17. The summed E-state index contributed by atoms with van der Waals surface area (Å²) in [6, 6.07) is 7.68. The van der Waals surface area contributed by atoms with Crippen molar-refractivity contribution in [3.8, 4) is 0 Å². The van der Waals surface area contributed by atoms with Gasteiger partial charge < -0.3 is 15.4 Å². The third-order valence-corrected chi connectivity index (χ3v) is 2.92. The van der Waals surface area contributed by atoms with E-state index in [2.05, 4.69) is 10.6 Å². The number of rotatable bonds is 6. The third kappa shape index (κ3) is 3.82. The quantitative estimate of drug-likeness (QED) is 0.813. The molecule has 4 nitrogen and oxygen atoms in total. The first-order chi connectivity index (χ1) is 8.51. The van der Waals surface area contributed by atoms with Gasteiger partial charge in [0.1, 0.15) is 0 Å². The van der Waals surface area contributed by atoms with Crippen LogP contribution in [0.1, 0.15) is 26.3 Å². The number of para-hydroxylation sites is 1. The Kier molecular flexibility index (Phi) is 5.31. The second-order valence-corrected chi connectivity index (χ2v) is 4.62. The monoisotopic (exact) mass is 250 g/mol. The van der Waals surface area contributed by atoms with Crippen molar-refractivity contribution in [1.29, 1.82) is 0 Å². The summed E-state index contributed by atoms with van der Waals surface area (Å²) in [7, 11) is 1.77. The maximum Gasteiger partial charge on any atom is 0.244 e. The van der Waals surface area contributed by atoms with Crippen molar-refractivity contribution in [3.05, 3.63) is 29.8 Å². The summed E-state index contributed by atoms with van der Waals surface area (Å²) in [5.41, 5.74) is 1.19. The minimum absolute atomic E-state index is 0.0612. The second-order valence-electron chi connectivity index (χ2n) is 4.62. The summed E-state index contributed by atoms with van der Waals surface area (Å²) in [6.07, 6.45) is 0. The van der Waals surface area contributed by atoms with Crippen LogP contribution in [-0.2, 0) is 16.1 Å². The van der Waals surface area contributed by atoms with Crippen LogP contribution >= 0.6 is 0 Å². The molecule has 1 aromatic carbocycles. The lowest BCUT2D eigenvalue weighted by Crippen LogP contribution is -2.48. The van der Waals surface area contributed by atoms with Crippen molar-refractivity contribution >= 4 is 11.6 Å². The summed E-state index contributed by atoms with van der Waals surface area (Å²) in [6.45, 7) is 6.80. The third-order valence-electron chi connectivity index (χ3n) is 2.92. The number of ether oxygens (including phenoxy) is 1. The molecule has 0 saturated carbocycles. The lowest BCUT2D eigenvalue weighted by Gasteiger charge is -2.23. The molecule has 1 rings (SSSR count). The lowest BCUT2D eigenvalue weighted by molar-refractivity contribution is -0.121. The lowest BCUT2D eigenvalue weighted by atomic mass is 10.0. The van der Waals surface area contributed by atoms with Gasteiger partial charge in [-0.2, -0.15) is 0 Å². The van der Waals surface area contributed by atoms with Crippen molar-refractivity contribution in [2.45, 2.75) is 32.9 Å². The van der Waals surface area contributed by atoms with E-state index in [0.717, 1.165) is 11.3 Å². The molecule has 0 heterocycles. The molecule has 0 aliphatic heterocycles. The summed E-state index contributed by atoms with van der Waals surface area (Å²) in [5, 5.41) is 5.91. The van der Waals surface area contributed by atoms with Gasteiger partial charge >= 0.3 is 0 Å². The average Bonchev–Trinajstić information content (AvgIpc) is 2.37. The molecule has 0 atom stereocenters. The Morgan fingerprint density at radius 1 is 1.33 bits per heavy atom. The molecule has 0 fully saturated rings. The number of likely N-dealkylation sites (N-methyl/N-ethyl adjacent to an activating group) is 1. The van der Waals surface area contributed by atoms with Crippen LogP contribution in [-0.4, -0.2) is 25.1 Å². The van der Waals surface area contributed by atoms with Gasteiger partial charge in [-0.25, -0.2) is 0 Å². The predicted molar refractivity (Wildman–Crippen MR) is 73.5 cm³/mol. The Morgan fingerprint density at radius 2 is 2.00 bits per heavy atom. The van der Waals surface area contributed by atoms with E-state index in [-0.39, 0.29) is 5.91 Å². The molecule has 1 aromatic rings. The van der Waals surface area contributed by atoms with Crippen LogP contribution < -0.4 is 10.6 Å². The number of amides is 1. The smallest absolute Gasteiger partial charge is 0.244 e. The number of anilines is 1. The van der Waals surface area contributed by atoms with Gasteiger partial charge in [-0.15, -0.1) is 0 Å². The van der Waals surface area contributed by atoms with Crippen LogP contribution in [0.3, 0.4) is 0 Å². The van der Waals surface area contributed by atoms with Crippen LogP contribution in [0.25, 0.3) is 0 Å². The number of hydrogen-bond acceptors (Lipinski definition) is 3. The van der Waals surface area contributed by atoms with E-state index >= 15 is 0 Å². The van der Waals surface area contributed by atoms with Gasteiger partial charge in [-0.3, -0.25) is 4.79 Å². The highest BCUT2D eigenvalue weighted by Gasteiger charge is 2.25. The minimum Gasteiger partial charge on any atom is -0.377 e. The Hall–Kier alpha value is -1.39. The molecule has 18 heavy (non-hydrogen) atoms. The summed E-state index contributed by atoms with van der Waals surface area (Å²) < 4.78 is 5.39. The zero-order valence-corrected chi connectivity index (χ0v) is 11.5. The van der Waals surface area contributed by atoms with E-state index in [1.165, 1.54) is 0 Å². The van der Waals surface area contributed by atoms with Crippen molar-refractivity contribution in [2.24, 2.45) is 0 Å². The summed E-state index contributed by atoms with van der Waals surface area (Å²) in [5.74, 6) is -0.0612. The predicted octanol–water partition coefficient (Wildman–Crippen LogP) is 2.16. The van der Waals surface area contributed by atoms with Gasteiger partial charge in [0.05, 0.1) is 12.1 Å². The topological polar surface area (TPSA) is 50.4 Å². The standard InChI is InChI=1S/C14H22N2O2/c1-5-18-10-11-8-6-7-9-12(11)16-13(17)14(2,3)15-4/h6-9,15H,5,10H2,1-4H3,(H,16,17). The number of carbonyl (C=O) groups excluding carboxylic acids is 1. The van der Waals surface area contributed by atoms with E-state index in [1.54, 1.807) is 7.05 Å². The molecule has 0 bridgehead atoms. The van der Waals surface area contributed by atoms with E-state index in [9.17, 15) is 4.79 Å². The van der Waals surface area contributed by atoms with Crippen molar-refractivity contribution in [2.75, 3.05) is 19.0 Å². The van der Waals surface area contributed by atoms with Gasteiger partial charge in [0.25, 0.3) is 0 Å². The maximum atomic E-state index is 12.1. The van der Waals surface area contributed by atoms with E-state index in [1.807, 2.05) is 45.0 Å². The molecule has 2 N–H and O–H groups in total. The van der Waals surface area contributed by atoms with Crippen molar-refractivity contribution in [1.82, 2.24) is 5.32 Å². The van der Waals surface area contributed by atoms with E-state index in [0.29, 0.717) is 13.2 Å². The molecule has 0 aliphatic rings. The molecule has 0 aliphatic carbocycles. The van der Waals surface area contributed by atoms with Gasteiger partial charge in [-0.05, 0) is 33.9 Å². The van der Waals surface area contributed by atoms with Gasteiger partial charge in [0.15, 0.2) is 0 Å². The highest BCUT2D eigenvalue weighted by atomic mass is 16.5. The SMILES string of the molecule is CCOCc1ccccc1NC(=O)C(C)(C)NC. The van der Waals surface area contributed by atoms with Gasteiger partial charge in [0, 0.05) is 17.9 Å². The Bertz CT molecular complexity index is 403. The van der Waals surface area contributed by atoms with Gasteiger partial charge in [-0.1, -0.05) is 18.2 Å². The highest BCUT2D eigenvalue weighted by Crippen LogP contribution is 2.17. The van der Waals surface area contributed by atoms with Crippen LogP contribution in [0.15, 0.2) is 24.3 Å². The first-order valence-corrected chi connectivity index (χ1v) is 6.17. The Labute approximate surface area is 109 Å². The zero-order valence-electron chi connectivity index (χ0n) is 11.5. The number of hydrogen-bond donors (Lipinski definition) is 2. The van der Waals surface area contributed by atoms with E-state index in [4.69, 9.17) is 4.74 Å². The molecule has 100 valence electrons. The largest absolute Gasteiger partial charge is 0.377 e. The maximum absolute atomic E-state index is 12.1. The second kappa shape index (κ2) is 6.52. The molecule has 0 radical (unpaired) electrons. The molecular weight excluding hydrogens is 228 g/mol. The zero-order chi connectivity index (χ0) is 13.6.